The highest BCUT2D eigenvalue weighted by Crippen LogP contribution is 2.49. The second kappa shape index (κ2) is 13.7. The van der Waals surface area contributed by atoms with Crippen LogP contribution in [0.5, 0.6) is 0 Å². The Bertz CT molecular complexity index is 4740. The first-order chi connectivity index (χ1) is 41.0. The lowest BCUT2D eigenvalue weighted by atomic mass is 9.90. The molecule has 0 atom stereocenters. The molecule has 59 heavy (non-hydrogen) atoms. The lowest BCUT2D eigenvalue weighted by Crippen LogP contribution is -2.11. The zero-order valence-corrected chi connectivity index (χ0v) is 31.6. The van der Waals surface area contributed by atoms with Crippen LogP contribution in [-0.2, 0) is 6.42 Å². The van der Waals surface area contributed by atoms with Gasteiger partial charge in [-0.2, -0.15) is 0 Å². The van der Waals surface area contributed by atoms with Crippen LogP contribution in [0, 0.1) is 27.7 Å². The van der Waals surface area contributed by atoms with Gasteiger partial charge in [-0.15, -0.1) is 0 Å². The summed E-state index contributed by atoms with van der Waals surface area (Å²) in [6.07, 6.45) is -0.270. The molecule has 0 fully saturated rings. The quantitative estimate of drug-likeness (QED) is 0.167. The lowest BCUT2D eigenvalue weighted by molar-refractivity contribution is 0.673. The summed E-state index contributed by atoms with van der Waals surface area (Å²) in [5, 5.41) is -2.21. The number of furan rings is 1. The average Bonchev–Trinajstić information content (AvgIpc) is 1.45. The topological polar surface area (TPSA) is 16.4 Å². The van der Waals surface area contributed by atoms with Crippen LogP contribution in [0.25, 0.3) is 77.2 Å². The summed E-state index contributed by atoms with van der Waals surface area (Å²) in [5.74, 6) is 0. The van der Waals surface area contributed by atoms with Crippen molar-refractivity contribution in [1.29, 1.82) is 0 Å². The number of benzene rings is 9. The van der Waals surface area contributed by atoms with E-state index in [1.54, 1.807) is 13.8 Å². The Morgan fingerprint density at radius 2 is 1.12 bits per heavy atom. The summed E-state index contributed by atoms with van der Waals surface area (Å²) in [6.45, 7) is 5.71. The Labute approximate surface area is 386 Å². The molecule has 282 valence electrons. The van der Waals surface area contributed by atoms with Crippen molar-refractivity contribution in [2.24, 2.45) is 0 Å². The monoisotopic (exact) mass is 787 g/mol. The van der Waals surface area contributed by atoms with E-state index in [2.05, 4.69) is 0 Å². The van der Waals surface area contributed by atoms with Crippen LogP contribution in [-0.4, -0.2) is 0 Å². The molecular formula is C57H43NO. The Balaban J connectivity index is 1.36. The molecule has 2 heteroatoms. The van der Waals surface area contributed by atoms with Gasteiger partial charge in [-0.25, -0.2) is 0 Å². The molecule has 0 unspecified atom stereocenters. The molecule has 0 aliphatic heterocycles. The standard InChI is InChI=1S/C57H43NO/c1-35-13-10-16-41(31-35)42-27-30-53(37(3)32-42)58(44-28-25-40(26-29-44)39-14-6-5-7-15-39)54-22-12-21-49-52-34-51(45-17-8-9-18-48(45)56(52)59-57(49)54)46-19-11-20-47-50(46)33-43-24-23-36(2)38(4)55(43)47/h5-32,34H,33H2,1-4H3/i5D,6D,7D,8D,9D,10D,11D,12D,13D,14D,15D,16D,17D,18D,19D,20D,21D,22D,23D,24D,25D,26D,27D,28D,29D,30D,31D,32D,34D. The van der Waals surface area contributed by atoms with Gasteiger partial charge in [-0.3, -0.25) is 0 Å². The molecule has 2 nitrogen and oxygen atoms in total. The van der Waals surface area contributed by atoms with Crippen molar-refractivity contribution in [3.05, 3.63) is 209 Å². The third-order valence-corrected chi connectivity index (χ3v) is 10.4. The fraction of sp³-hybridized carbons (Fsp3) is 0.0877. The normalized spacial score (nSPS) is 18.9. The van der Waals surface area contributed by atoms with Gasteiger partial charge < -0.3 is 9.32 Å². The second-order valence-electron chi connectivity index (χ2n) is 13.9. The predicted molar refractivity (Wildman–Crippen MR) is 249 cm³/mol. The van der Waals surface area contributed by atoms with E-state index in [9.17, 15) is 21.9 Å². The maximum atomic E-state index is 10.3. The highest BCUT2D eigenvalue weighted by molar-refractivity contribution is 6.21. The fourth-order valence-corrected chi connectivity index (χ4v) is 7.51. The minimum atomic E-state index is -1.15. The first-order valence-corrected chi connectivity index (χ1v) is 18.3. The van der Waals surface area contributed by atoms with Crippen LogP contribution in [0.2, 0.25) is 0 Å². The van der Waals surface area contributed by atoms with Crippen LogP contribution in [0.1, 0.15) is 73.1 Å². The van der Waals surface area contributed by atoms with Crippen molar-refractivity contribution < 1.29 is 44.2 Å². The van der Waals surface area contributed by atoms with Gasteiger partial charge >= 0.3 is 0 Å². The van der Waals surface area contributed by atoms with Gasteiger partial charge in [0.1, 0.15) is 5.58 Å². The Kier molecular flexibility index (Phi) is 3.78. The Morgan fingerprint density at radius 1 is 0.458 bits per heavy atom. The molecule has 0 amide bonds. The molecule has 0 radical (unpaired) electrons. The van der Waals surface area contributed by atoms with Gasteiger partial charge in [0.05, 0.1) is 45.4 Å². The molecule has 1 heterocycles. The summed E-state index contributed by atoms with van der Waals surface area (Å²) >= 11 is 0. The summed E-state index contributed by atoms with van der Waals surface area (Å²) in [7, 11) is 0. The van der Waals surface area contributed by atoms with E-state index in [4.69, 9.17) is 22.2 Å². The number of hydrogen-bond donors (Lipinski definition) is 0. The smallest absolute Gasteiger partial charge is 0.159 e. The number of fused-ring (bicyclic) bond motifs is 8. The zero-order valence-electron chi connectivity index (χ0n) is 60.6. The molecule has 1 aliphatic rings. The summed E-state index contributed by atoms with van der Waals surface area (Å²) in [5.41, 5.74) is -6.69. The predicted octanol–water partition coefficient (Wildman–Crippen LogP) is 16.0. The third-order valence-electron chi connectivity index (χ3n) is 10.4. The van der Waals surface area contributed by atoms with Gasteiger partial charge in [0, 0.05) is 27.5 Å². The minimum Gasteiger partial charge on any atom is -0.453 e. The molecule has 1 aliphatic carbocycles. The summed E-state index contributed by atoms with van der Waals surface area (Å²) < 4.78 is 273. The van der Waals surface area contributed by atoms with E-state index >= 15 is 0 Å². The van der Waals surface area contributed by atoms with Crippen molar-refractivity contribution in [2.75, 3.05) is 4.90 Å². The van der Waals surface area contributed by atoms with Gasteiger partial charge in [-0.05, 0) is 148 Å². The average molecular weight is 787 g/mol. The maximum absolute atomic E-state index is 10.3. The summed E-state index contributed by atoms with van der Waals surface area (Å²) in [4.78, 5) is 0.628. The summed E-state index contributed by atoms with van der Waals surface area (Å²) in [6, 6.07) is -23.8. The van der Waals surface area contributed by atoms with Crippen molar-refractivity contribution in [1.82, 2.24) is 0 Å². The SMILES string of the molecule is [2H]c1c([2H])c([2H])c(-c2c([2H])c([2H])c(N(c3c([2H])c([2H])c(-c4c([2H])c([2H])c([2H])c(C)c4[2H])c([2H])c3C)c3c([2H])c([2H])c([2H])c4c3oc3c5c([2H])c([2H])c([2H])c([2H])c5c(-c5c([2H])c([2H])c([2H])c6c5Cc5c([2H])c([2H])c(C)c(C)c5-6)c([2H])c34)c([2H])c2[2H])c([2H])c1[2H]. The molecule has 10 aromatic rings. The molecule has 9 aromatic carbocycles. The van der Waals surface area contributed by atoms with Crippen molar-refractivity contribution in [3.8, 4) is 44.5 Å². The molecule has 0 spiro atoms. The molecular weight excluding hydrogens is 715 g/mol. The first-order valence-electron chi connectivity index (χ1n) is 32.8. The highest BCUT2D eigenvalue weighted by Gasteiger charge is 2.27. The van der Waals surface area contributed by atoms with Gasteiger partial charge in [0.15, 0.2) is 5.58 Å². The highest BCUT2D eigenvalue weighted by atomic mass is 16.3. The molecule has 0 N–H and O–H groups in total. The Hall–Kier alpha value is -7.16. The van der Waals surface area contributed by atoms with Crippen molar-refractivity contribution in [3.63, 3.8) is 0 Å². The van der Waals surface area contributed by atoms with Crippen LogP contribution in [0.3, 0.4) is 0 Å². The lowest BCUT2D eigenvalue weighted by Gasteiger charge is -2.27. The maximum Gasteiger partial charge on any atom is 0.159 e. The van der Waals surface area contributed by atoms with Gasteiger partial charge in [0.2, 0.25) is 0 Å². The number of para-hydroxylation sites is 1. The van der Waals surface area contributed by atoms with E-state index in [1.807, 2.05) is 0 Å². The number of rotatable bonds is 6. The van der Waals surface area contributed by atoms with Crippen LogP contribution in [0.4, 0.5) is 17.1 Å². The van der Waals surface area contributed by atoms with Crippen molar-refractivity contribution in [2.45, 2.75) is 34.1 Å². The molecule has 1 aromatic heterocycles. The van der Waals surface area contributed by atoms with Crippen molar-refractivity contribution >= 4 is 49.8 Å². The molecule has 11 rings (SSSR count). The number of nitrogens with zero attached hydrogens (tertiary/aromatic N) is 1. The molecule has 0 bridgehead atoms. The zero-order chi connectivity index (χ0) is 65.0. The van der Waals surface area contributed by atoms with E-state index in [-0.39, 0.29) is 46.3 Å². The number of hydrogen-bond acceptors (Lipinski definition) is 2. The van der Waals surface area contributed by atoms with E-state index < -0.39 is 246 Å². The number of anilines is 3. The van der Waals surface area contributed by atoms with Crippen LogP contribution >= 0.6 is 0 Å². The van der Waals surface area contributed by atoms with E-state index in [1.165, 1.54) is 6.92 Å². The first kappa shape index (κ1) is 16.2. The van der Waals surface area contributed by atoms with Gasteiger partial charge in [-0.1, -0.05) is 145 Å². The minimum absolute atomic E-state index is 0.0474. The fourth-order valence-electron chi connectivity index (χ4n) is 7.51. The molecule has 0 saturated carbocycles. The third kappa shape index (κ3) is 5.70. The van der Waals surface area contributed by atoms with Crippen LogP contribution in [0.15, 0.2) is 180 Å². The van der Waals surface area contributed by atoms with Crippen LogP contribution < -0.4 is 4.90 Å². The van der Waals surface area contributed by atoms with E-state index in [0.29, 0.717) is 21.6 Å². The molecule has 0 saturated heterocycles. The van der Waals surface area contributed by atoms with Gasteiger partial charge in [0.25, 0.3) is 0 Å². The van der Waals surface area contributed by atoms with E-state index in [0.717, 1.165) is 6.92 Å². The Morgan fingerprint density at radius 3 is 1.97 bits per heavy atom. The second-order valence-corrected chi connectivity index (χ2v) is 13.9. The largest absolute Gasteiger partial charge is 0.453 e.